The summed E-state index contributed by atoms with van der Waals surface area (Å²) in [6, 6.07) is 0. The quantitative estimate of drug-likeness (QED) is 0.659. The third kappa shape index (κ3) is 4.99. The van der Waals surface area contributed by atoms with Crippen LogP contribution in [0.3, 0.4) is 0 Å². The van der Waals surface area contributed by atoms with Crippen molar-refractivity contribution >= 4 is 0 Å². The lowest BCUT2D eigenvalue weighted by atomic mass is 9.74. The van der Waals surface area contributed by atoms with Gasteiger partial charge in [0, 0.05) is 6.54 Å². The molecular weight excluding hydrogens is 170 g/mol. The molecule has 14 heavy (non-hydrogen) atoms. The predicted molar refractivity (Wildman–Crippen MR) is 65.6 cm³/mol. The van der Waals surface area contributed by atoms with Gasteiger partial charge in [-0.15, -0.1) is 0 Å². The minimum atomic E-state index is 0.476. The molecule has 0 bridgehead atoms. The Labute approximate surface area is 90.7 Å². The minimum absolute atomic E-state index is 0.476. The average Bonchev–Trinajstić information content (AvgIpc) is 2.03. The van der Waals surface area contributed by atoms with Gasteiger partial charge in [0.25, 0.3) is 0 Å². The van der Waals surface area contributed by atoms with Crippen molar-refractivity contribution in [3.8, 4) is 0 Å². The van der Waals surface area contributed by atoms with Gasteiger partial charge in [0.15, 0.2) is 0 Å². The van der Waals surface area contributed by atoms with E-state index in [9.17, 15) is 0 Å². The second kappa shape index (κ2) is 6.44. The molecule has 0 spiro atoms. The van der Waals surface area contributed by atoms with E-state index in [2.05, 4.69) is 47.0 Å². The molecule has 0 heterocycles. The van der Waals surface area contributed by atoms with Crippen molar-refractivity contribution in [2.24, 2.45) is 17.3 Å². The van der Waals surface area contributed by atoms with Crippen LogP contribution >= 0.6 is 0 Å². The fraction of sp³-hybridized carbons (Fsp3) is 1.00. The first-order chi connectivity index (χ1) is 6.42. The summed E-state index contributed by atoms with van der Waals surface area (Å²) >= 11 is 0. The Bertz CT molecular complexity index is 140. The van der Waals surface area contributed by atoms with Crippen LogP contribution in [0.4, 0.5) is 0 Å². The molecule has 1 unspecified atom stereocenters. The van der Waals surface area contributed by atoms with Crippen LogP contribution in [0.15, 0.2) is 0 Å². The molecule has 0 saturated carbocycles. The molecule has 1 heteroatoms. The van der Waals surface area contributed by atoms with Crippen LogP contribution in [0.2, 0.25) is 0 Å². The molecule has 0 fully saturated rings. The van der Waals surface area contributed by atoms with Gasteiger partial charge in [-0.05, 0) is 30.7 Å². The van der Waals surface area contributed by atoms with Gasteiger partial charge in [0.2, 0.25) is 0 Å². The van der Waals surface area contributed by atoms with Gasteiger partial charge in [0.1, 0.15) is 0 Å². The highest BCUT2D eigenvalue weighted by Gasteiger charge is 2.26. The third-order valence-electron chi connectivity index (χ3n) is 3.50. The molecule has 0 aromatic heterocycles. The van der Waals surface area contributed by atoms with E-state index in [1.807, 2.05) is 0 Å². The molecule has 1 nitrogen and oxygen atoms in total. The molecule has 1 N–H and O–H groups in total. The standard InChI is InChI=1S/C13H29N/c1-11(2)8-7-9-13(5,10-14-6)12(3)4/h11-12,14H,7-10H2,1-6H3. The normalized spacial score (nSPS) is 16.3. The Kier molecular flexibility index (Phi) is 6.43. The molecule has 0 aliphatic rings. The van der Waals surface area contributed by atoms with Gasteiger partial charge < -0.3 is 5.32 Å². The molecule has 0 radical (unpaired) electrons. The maximum atomic E-state index is 3.33. The van der Waals surface area contributed by atoms with E-state index in [0.717, 1.165) is 18.4 Å². The SMILES string of the molecule is CNCC(C)(CCCC(C)C)C(C)C. The van der Waals surface area contributed by atoms with Crippen molar-refractivity contribution in [3.05, 3.63) is 0 Å². The van der Waals surface area contributed by atoms with Gasteiger partial charge in [0.05, 0.1) is 0 Å². The molecule has 0 aliphatic carbocycles. The lowest BCUT2D eigenvalue weighted by Gasteiger charge is -2.34. The largest absolute Gasteiger partial charge is 0.319 e. The third-order valence-corrected chi connectivity index (χ3v) is 3.50. The van der Waals surface area contributed by atoms with Crippen molar-refractivity contribution in [2.45, 2.75) is 53.9 Å². The summed E-state index contributed by atoms with van der Waals surface area (Å²) in [5.74, 6) is 1.61. The summed E-state index contributed by atoms with van der Waals surface area (Å²) < 4.78 is 0. The zero-order chi connectivity index (χ0) is 11.2. The zero-order valence-corrected chi connectivity index (χ0v) is 11.0. The molecule has 0 aromatic carbocycles. The summed E-state index contributed by atoms with van der Waals surface area (Å²) in [4.78, 5) is 0. The molecule has 0 aliphatic heterocycles. The molecule has 0 rings (SSSR count). The Morgan fingerprint density at radius 1 is 1.14 bits per heavy atom. The molecule has 0 aromatic rings. The van der Waals surface area contributed by atoms with E-state index in [1.165, 1.54) is 19.3 Å². The second-order valence-electron chi connectivity index (χ2n) is 5.63. The number of hydrogen-bond donors (Lipinski definition) is 1. The van der Waals surface area contributed by atoms with E-state index in [0.29, 0.717) is 5.41 Å². The molecular formula is C13H29N. The Balaban J connectivity index is 3.96. The van der Waals surface area contributed by atoms with Gasteiger partial charge in [-0.1, -0.05) is 47.5 Å². The first-order valence-corrected chi connectivity index (χ1v) is 6.07. The van der Waals surface area contributed by atoms with Crippen molar-refractivity contribution in [2.75, 3.05) is 13.6 Å². The fourth-order valence-corrected chi connectivity index (χ4v) is 1.90. The highest BCUT2D eigenvalue weighted by Crippen LogP contribution is 2.32. The fourth-order valence-electron chi connectivity index (χ4n) is 1.90. The minimum Gasteiger partial charge on any atom is -0.319 e. The van der Waals surface area contributed by atoms with Crippen LogP contribution in [0, 0.1) is 17.3 Å². The first-order valence-electron chi connectivity index (χ1n) is 6.07. The van der Waals surface area contributed by atoms with Gasteiger partial charge in [-0.2, -0.15) is 0 Å². The Hall–Kier alpha value is -0.0400. The van der Waals surface area contributed by atoms with Gasteiger partial charge in [-0.3, -0.25) is 0 Å². The number of rotatable bonds is 7. The van der Waals surface area contributed by atoms with E-state index in [1.54, 1.807) is 0 Å². The van der Waals surface area contributed by atoms with E-state index in [4.69, 9.17) is 0 Å². The van der Waals surface area contributed by atoms with Crippen molar-refractivity contribution in [3.63, 3.8) is 0 Å². The van der Waals surface area contributed by atoms with Gasteiger partial charge in [-0.25, -0.2) is 0 Å². The highest BCUT2D eigenvalue weighted by atomic mass is 14.8. The summed E-state index contributed by atoms with van der Waals surface area (Å²) in [5, 5.41) is 3.33. The smallest absolute Gasteiger partial charge is 0.000461 e. The highest BCUT2D eigenvalue weighted by molar-refractivity contribution is 4.79. The first kappa shape index (κ1) is 14.0. The molecule has 0 saturated heterocycles. The summed E-state index contributed by atoms with van der Waals surface area (Å²) in [7, 11) is 2.06. The second-order valence-corrected chi connectivity index (χ2v) is 5.63. The topological polar surface area (TPSA) is 12.0 Å². The molecule has 1 atom stereocenters. The average molecular weight is 199 g/mol. The molecule has 0 amide bonds. The zero-order valence-electron chi connectivity index (χ0n) is 11.0. The summed E-state index contributed by atoms with van der Waals surface area (Å²) in [5.41, 5.74) is 0.476. The van der Waals surface area contributed by atoms with E-state index in [-0.39, 0.29) is 0 Å². The van der Waals surface area contributed by atoms with E-state index < -0.39 is 0 Å². The van der Waals surface area contributed by atoms with E-state index >= 15 is 0 Å². The lowest BCUT2D eigenvalue weighted by molar-refractivity contribution is 0.187. The van der Waals surface area contributed by atoms with Crippen LogP contribution < -0.4 is 5.32 Å². The van der Waals surface area contributed by atoms with Crippen LogP contribution in [-0.4, -0.2) is 13.6 Å². The Morgan fingerprint density at radius 2 is 1.71 bits per heavy atom. The van der Waals surface area contributed by atoms with Crippen LogP contribution in [0.5, 0.6) is 0 Å². The van der Waals surface area contributed by atoms with Crippen LogP contribution in [0.1, 0.15) is 53.9 Å². The monoisotopic (exact) mass is 199 g/mol. The van der Waals surface area contributed by atoms with Crippen molar-refractivity contribution < 1.29 is 0 Å². The number of nitrogens with one attached hydrogen (secondary N) is 1. The van der Waals surface area contributed by atoms with Gasteiger partial charge >= 0.3 is 0 Å². The maximum absolute atomic E-state index is 3.33. The molecule has 86 valence electrons. The van der Waals surface area contributed by atoms with Crippen molar-refractivity contribution in [1.82, 2.24) is 5.32 Å². The predicted octanol–water partition coefficient (Wildman–Crippen LogP) is 3.69. The summed E-state index contributed by atoms with van der Waals surface area (Å²) in [6.45, 7) is 12.9. The summed E-state index contributed by atoms with van der Waals surface area (Å²) in [6.07, 6.45) is 4.09. The number of hydrogen-bond acceptors (Lipinski definition) is 1. The van der Waals surface area contributed by atoms with Crippen molar-refractivity contribution in [1.29, 1.82) is 0 Å². The van der Waals surface area contributed by atoms with Crippen LogP contribution in [0.25, 0.3) is 0 Å². The van der Waals surface area contributed by atoms with Crippen LogP contribution in [-0.2, 0) is 0 Å². The Morgan fingerprint density at radius 3 is 2.07 bits per heavy atom. The lowest BCUT2D eigenvalue weighted by Crippen LogP contribution is -2.34. The maximum Gasteiger partial charge on any atom is 0.000461 e.